The molecule has 2 heterocycles. The van der Waals surface area contributed by atoms with Crippen LogP contribution in [-0.4, -0.2) is 31.8 Å². The highest BCUT2D eigenvalue weighted by atomic mass is 16.3. The molecule has 2 amide bonds. The molecule has 1 aliphatic rings. The molecule has 0 atom stereocenters. The van der Waals surface area contributed by atoms with E-state index in [0.717, 1.165) is 36.1 Å². The fourth-order valence-corrected chi connectivity index (χ4v) is 4.29. The Morgan fingerprint density at radius 3 is 2.56 bits per heavy atom. The molecule has 36 heavy (non-hydrogen) atoms. The number of phenols is 1. The van der Waals surface area contributed by atoms with Crippen molar-refractivity contribution in [3.63, 3.8) is 0 Å². The molecule has 2 aromatic carbocycles. The third-order valence-electron chi connectivity index (χ3n) is 6.45. The minimum Gasteiger partial charge on any atom is -0.507 e. The normalized spacial score (nSPS) is 13.1. The summed E-state index contributed by atoms with van der Waals surface area (Å²) in [5.74, 6) is -0.0732. The molecule has 8 nitrogen and oxygen atoms in total. The second-order valence-corrected chi connectivity index (χ2v) is 9.06. The predicted octanol–water partition coefficient (Wildman–Crippen LogP) is 5.24. The fraction of sp³-hybridized carbons (Fsp3) is 0.214. The second-order valence-electron chi connectivity index (χ2n) is 9.06. The molecule has 0 saturated heterocycles. The summed E-state index contributed by atoms with van der Waals surface area (Å²) < 4.78 is 1.42. The number of pyridine rings is 1. The van der Waals surface area contributed by atoms with Crippen molar-refractivity contribution in [3.8, 4) is 17.0 Å². The minimum atomic E-state index is -0.301. The Hall–Kier alpha value is -4.46. The largest absolute Gasteiger partial charge is 0.507 e. The van der Waals surface area contributed by atoms with E-state index in [1.807, 2.05) is 37.3 Å². The first-order valence-corrected chi connectivity index (χ1v) is 12.0. The van der Waals surface area contributed by atoms with E-state index in [-0.39, 0.29) is 23.6 Å². The van der Waals surface area contributed by atoms with Crippen LogP contribution in [-0.2, 0) is 6.54 Å². The van der Waals surface area contributed by atoms with Gasteiger partial charge in [-0.15, -0.1) is 0 Å². The van der Waals surface area contributed by atoms with Crippen molar-refractivity contribution in [2.75, 3.05) is 5.32 Å². The summed E-state index contributed by atoms with van der Waals surface area (Å²) in [6.45, 7) is 2.42. The van der Waals surface area contributed by atoms with Crippen LogP contribution < -0.4 is 10.6 Å². The van der Waals surface area contributed by atoms with Crippen LogP contribution in [0.15, 0.2) is 73.1 Å². The van der Waals surface area contributed by atoms with Gasteiger partial charge in [-0.3, -0.25) is 9.78 Å². The number of carbonyl (C=O) groups excluding carboxylic acids is 2. The summed E-state index contributed by atoms with van der Waals surface area (Å²) in [6, 6.07) is 17.7. The third-order valence-corrected chi connectivity index (χ3v) is 6.45. The number of phenolic OH excluding ortho intramolecular Hbond substituents is 1. The molecule has 0 bridgehead atoms. The average molecular weight is 482 g/mol. The number of anilines is 1. The van der Waals surface area contributed by atoms with Gasteiger partial charge >= 0.3 is 6.03 Å². The van der Waals surface area contributed by atoms with Crippen LogP contribution >= 0.6 is 0 Å². The molecule has 4 aromatic rings. The Kier molecular flexibility index (Phi) is 6.49. The van der Waals surface area contributed by atoms with Crippen LogP contribution in [0.5, 0.6) is 5.75 Å². The van der Waals surface area contributed by atoms with Gasteiger partial charge < -0.3 is 15.7 Å². The summed E-state index contributed by atoms with van der Waals surface area (Å²) in [5, 5.41) is 21.0. The van der Waals surface area contributed by atoms with Crippen molar-refractivity contribution in [2.45, 2.75) is 38.6 Å². The number of hydrogen-bond acceptors (Lipinski definition) is 5. The number of nitrogens with zero attached hydrogens (tertiary/aromatic N) is 3. The number of nitrogens with one attached hydrogen (secondary N) is 2. The number of amides is 2. The van der Waals surface area contributed by atoms with Gasteiger partial charge in [-0.1, -0.05) is 36.2 Å². The maximum Gasteiger partial charge on any atom is 0.342 e. The van der Waals surface area contributed by atoms with Gasteiger partial charge in [-0.05, 0) is 55.7 Å². The van der Waals surface area contributed by atoms with E-state index in [1.165, 1.54) is 10.7 Å². The summed E-state index contributed by atoms with van der Waals surface area (Å²) in [6.07, 6.45) is 6.21. The van der Waals surface area contributed by atoms with Crippen LogP contribution in [0.3, 0.4) is 0 Å². The van der Waals surface area contributed by atoms with Crippen LogP contribution in [0.2, 0.25) is 0 Å². The molecule has 0 radical (unpaired) electrons. The van der Waals surface area contributed by atoms with Crippen LogP contribution in [0.25, 0.3) is 11.3 Å². The first-order valence-electron chi connectivity index (χ1n) is 12.0. The smallest absolute Gasteiger partial charge is 0.342 e. The first-order chi connectivity index (χ1) is 17.5. The Balaban J connectivity index is 1.36. The van der Waals surface area contributed by atoms with E-state index in [9.17, 15) is 14.7 Å². The maximum absolute atomic E-state index is 13.1. The van der Waals surface area contributed by atoms with E-state index in [2.05, 4.69) is 20.7 Å². The fourth-order valence-electron chi connectivity index (χ4n) is 4.29. The summed E-state index contributed by atoms with van der Waals surface area (Å²) >= 11 is 0. The van der Waals surface area contributed by atoms with Gasteiger partial charge in [0.1, 0.15) is 5.75 Å². The molecule has 182 valence electrons. The number of hydrogen-bond donors (Lipinski definition) is 3. The number of aryl methyl sites for hydroxylation is 1. The molecule has 3 N–H and O–H groups in total. The van der Waals surface area contributed by atoms with Gasteiger partial charge in [-0.25, -0.2) is 4.79 Å². The molecule has 5 rings (SSSR count). The highest BCUT2D eigenvalue weighted by Crippen LogP contribution is 2.39. The predicted molar refractivity (Wildman–Crippen MR) is 137 cm³/mol. The van der Waals surface area contributed by atoms with Gasteiger partial charge in [0.15, 0.2) is 0 Å². The average Bonchev–Trinajstić information content (AvgIpc) is 3.26. The zero-order valence-electron chi connectivity index (χ0n) is 19.9. The number of rotatable bonds is 6. The summed E-state index contributed by atoms with van der Waals surface area (Å²) in [4.78, 5) is 29.4. The van der Waals surface area contributed by atoms with Gasteiger partial charge in [-0.2, -0.15) is 9.78 Å². The van der Waals surface area contributed by atoms with Crippen molar-refractivity contribution in [3.05, 3.63) is 95.4 Å². The molecular weight excluding hydrogens is 454 g/mol. The minimum absolute atomic E-state index is 0.0347. The maximum atomic E-state index is 13.1. The van der Waals surface area contributed by atoms with Crippen molar-refractivity contribution in [1.29, 1.82) is 0 Å². The Morgan fingerprint density at radius 2 is 1.86 bits per heavy atom. The molecule has 0 unspecified atom stereocenters. The Bertz CT molecular complexity index is 1410. The summed E-state index contributed by atoms with van der Waals surface area (Å²) in [7, 11) is 0. The SMILES string of the molecule is Cc1cccc(CNC(=O)n2nc(-c3ccc(NC(=O)c4ccncc4)cc3O)cc2C2CCC2)c1. The molecule has 8 heteroatoms. The number of aromatic nitrogens is 3. The van der Waals surface area contributed by atoms with Gasteiger partial charge in [0, 0.05) is 47.7 Å². The molecule has 1 saturated carbocycles. The van der Waals surface area contributed by atoms with Gasteiger partial charge in [0.25, 0.3) is 5.91 Å². The lowest BCUT2D eigenvalue weighted by molar-refractivity contribution is 0.102. The second kappa shape index (κ2) is 10.0. The van der Waals surface area contributed by atoms with E-state index in [1.54, 1.807) is 36.7 Å². The Morgan fingerprint density at radius 1 is 1.06 bits per heavy atom. The zero-order valence-corrected chi connectivity index (χ0v) is 19.9. The van der Waals surface area contributed by atoms with Crippen LogP contribution in [0.1, 0.15) is 52.4 Å². The molecule has 0 aliphatic heterocycles. The van der Waals surface area contributed by atoms with Crippen LogP contribution in [0, 0.1) is 6.92 Å². The van der Waals surface area contributed by atoms with Gasteiger partial charge in [0.2, 0.25) is 0 Å². The molecular formula is C28H27N5O3. The topological polar surface area (TPSA) is 109 Å². The van der Waals surface area contributed by atoms with E-state index in [4.69, 9.17) is 0 Å². The van der Waals surface area contributed by atoms with Crippen molar-refractivity contribution >= 4 is 17.6 Å². The Labute approximate surface area is 209 Å². The van der Waals surface area contributed by atoms with E-state index >= 15 is 0 Å². The molecule has 1 fully saturated rings. The van der Waals surface area contributed by atoms with Gasteiger partial charge in [0.05, 0.1) is 11.4 Å². The number of benzene rings is 2. The van der Waals surface area contributed by atoms with Crippen LogP contribution in [0.4, 0.5) is 10.5 Å². The first kappa shape index (κ1) is 23.3. The molecule has 0 spiro atoms. The number of carbonyl (C=O) groups is 2. The van der Waals surface area contributed by atoms with E-state index in [0.29, 0.717) is 29.1 Å². The van der Waals surface area contributed by atoms with Crippen molar-refractivity contribution in [2.24, 2.45) is 0 Å². The molecule has 2 aromatic heterocycles. The molecule has 1 aliphatic carbocycles. The van der Waals surface area contributed by atoms with Crippen molar-refractivity contribution < 1.29 is 14.7 Å². The summed E-state index contributed by atoms with van der Waals surface area (Å²) in [5.41, 5.74) is 4.90. The van der Waals surface area contributed by atoms with E-state index < -0.39 is 0 Å². The lowest BCUT2D eigenvalue weighted by Crippen LogP contribution is -2.31. The van der Waals surface area contributed by atoms with Crippen molar-refractivity contribution in [1.82, 2.24) is 20.1 Å². The highest BCUT2D eigenvalue weighted by Gasteiger charge is 2.27. The number of aromatic hydroxyl groups is 1. The lowest BCUT2D eigenvalue weighted by Gasteiger charge is -2.25. The third kappa shape index (κ3) is 4.98. The highest BCUT2D eigenvalue weighted by molar-refractivity contribution is 6.04. The zero-order chi connectivity index (χ0) is 25.1. The standard InChI is InChI=1S/C28H27N5O3/c1-18-4-2-5-19(14-18)17-30-28(36)33-25(20-6-3-7-20)16-24(32-33)23-9-8-22(15-26(23)34)31-27(35)21-10-12-29-13-11-21/h2,4-5,8-16,20,34H,3,6-7,17H2,1H3,(H,30,36)(H,31,35). The monoisotopic (exact) mass is 481 g/mol. The quantitative estimate of drug-likeness (QED) is 0.349. The lowest BCUT2D eigenvalue weighted by atomic mass is 9.82.